The molecule has 11 nitrogen and oxygen atoms in total. The fraction of sp³-hybridized carbons (Fsp3) is 0.220. The van der Waals surface area contributed by atoms with E-state index in [2.05, 4.69) is 10.1 Å². The summed E-state index contributed by atoms with van der Waals surface area (Å²) in [5.41, 5.74) is -18.1. The van der Waals surface area contributed by atoms with E-state index in [4.69, 9.17) is 4.74 Å². The summed E-state index contributed by atoms with van der Waals surface area (Å²) in [5.74, 6) is -14.7. The van der Waals surface area contributed by atoms with Gasteiger partial charge in [0.2, 0.25) is 6.04 Å². The number of aliphatic hydroxyl groups is 1. The topological polar surface area (TPSA) is 155 Å². The third kappa shape index (κ3) is 21.3. The Morgan fingerprint density at radius 1 is 0.386 bits per heavy atom. The lowest BCUT2D eigenvalue weighted by molar-refractivity contribution is -0.253. The monoisotopic (exact) mass is 1620 g/mol. The maximum atomic E-state index is 15.7. The molecular weight excluding hydrogens is 1550 g/mol. The third-order valence-corrected chi connectivity index (χ3v) is 17.6. The van der Waals surface area contributed by atoms with Crippen molar-refractivity contribution in [3.05, 3.63) is 350 Å². The summed E-state index contributed by atoms with van der Waals surface area (Å²) in [7, 11) is 0. The zero-order valence-electron chi connectivity index (χ0n) is 57.5. The Morgan fingerprint density at radius 3 is 1.05 bits per heavy atom. The number of alkyl halides is 16. The third-order valence-electron chi connectivity index (χ3n) is 17.6. The van der Waals surface area contributed by atoms with Crippen molar-refractivity contribution in [1.82, 2.24) is 21.3 Å². The van der Waals surface area contributed by atoms with E-state index in [0.717, 1.165) is 48.5 Å². The van der Waals surface area contributed by atoms with Gasteiger partial charge in [0.25, 0.3) is 17.7 Å². The van der Waals surface area contributed by atoms with Gasteiger partial charge in [-0.25, -0.2) is 26.7 Å². The van der Waals surface area contributed by atoms with Crippen LogP contribution in [0.5, 0.6) is 5.75 Å². The molecule has 10 rings (SSSR count). The largest absolute Gasteiger partial charge is 0.461 e. The highest BCUT2D eigenvalue weighted by Gasteiger charge is 2.67. The van der Waals surface area contributed by atoms with Crippen molar-refractivity contribution < 1.29 is 126 Å². The van der Waals surface area contributed by atoms with Crippen molar-refractivity contribution in [1.29, 1.82) is 0 Å². The highest BCUT2D eigenvalue weighted by molar-refractivity contribution is 6.10. The number of halogens is 21. The fourth-order valence-corrected chi connectivity index (χ4v) is 12.2. The molecule has 0 aromatic heterocycles. The molecule has 0 bridgehead atoms. The molecule has 0 fully saturated rings. The van der Waals surface area contributed by atoms with Gasteiger partial charge in [0.1, 0.15) is 41.4 Å². The minimum Gasteiger partial charge on any atom is -0.445 e. The first kappa shape index (κ1) is 89.4. The van der Waals surface area contributed by atoms with Crippen LogP contribution in [-0.4, -0.2) is 65.5 Å². The number of amides is 4. The van der Waals surface area contributed by atoms with Gasteiger partial charge in [-0.1, -0.05) is 190 Å². The summed E-state index contributed by atoms with van der Waals surface area (Å²) in [6.07, 6.45) is -35.5. The summed E-state index contributed by atoms with van der Waals surface area (Å²) >= 11 is 0. The number of carbonyl (C=O) groups excluding carboxylic acids is 4. The van der Waals surface area contributed by atoms with Crippen LogP contribution in [0.1, 0.15) is 87.2 Å². The van der Waals surface area contributed by atoms with Crippen LogP contribution >= 0.6 is 0 Å². The van der Waals surface area contributed by atoms with Crippen LogP contribution in [0.3, 0.4) is 0 Å². The molecule has 0 radical (unpaired) electrons. The van der Waals surface area contributed by atoms with Crippen molar-refractivity contribution in [2.75, 3.05) is 0 Å². The molecule has 604 valence electrons. The summed E-state index contributed by atoms with van der Waals surface area (Å²) in [5, 5.41) is 19.2. The van der Waals surface area contributed by atoms with Crippen LogP contribution in [0, 0.1) is 36.0 Å². The number of nitrogens with one attached hydrogen (secondary N) is 4. The smallest absolute Gasteiger partial charge is 0.445 e. The molecule has 0 aliphatic rings. The molecule has 0 aliphatic carbocycles. The minimum absolute atomic E-state index is 0. The standard InChI is InChI=1S/C47H34F12N2O3.C33H25F9N2O4.2CH4/c1-28-12-14-31(15-13-28)42(26-29-8-4-2-5-9-29,33-20-35(45(51,52)53)24-38(49)22-33)60-40(62)44(64,47(57,58)59)41(63)61-43(27-30-10-6-3-7-11-30,32-16-18-37(48)19-17-32)34-21-36(46(54,55)56)25-39(50)23-34;34-24-13-11-22(12-14-24)31(18-20-7-3-1-4-8-20,23-15-25(35)17-26(16-23)48-33(41,42)29(36)37)44-28(45)27(32(38,39)40)43-30(46)47-19-21-9-5-2-6-10-21;;/h2-25,64H,26-27H2,1H3,(H,60,62)(H,61,63);1-17,27,29H,18-19H2,(H,43,46)(H,44,45);2*1H4/t42-,43-,44?;27?,31-;;/m11../s1. The second-order valence-corrected chi connectivity index (χ2v) is 25.5. The molecule has 0 aliphatic heterocycles. The Balaban J connectivity index is 0.000000323. The van der Waals surface area contributed by atoms with Crippen LogP contribution in [0.2, 0.25) is 0 Å². The molecule has 4 amide bonds. The van der Waals surface area contributed by atoms with Crippen molar-refractivity contribution >= 4 is 23.8 Å². The average Bonchev–Trinajstić information content (AvgIpc) is 0.735. The summed E-state index contributed by atoms with van der Waals surface area (Å²) in [6.45, 7) is 1.12. The lowest BCUT2D eigenvalue weighted by Crippen LogP contribution is -2.70. The van der Waals surface area contributed by atoms with Crippen LogP contribution in [0.4, 0.5) is 97.0 Å². The van der Waals surface area contributed by atoms with Crippen LogP contribution in [-0.2, 0) is 74.0 Å². The van der Waals surface area contributed by atoms with Gasteiger partial charge in [-0.3, -0.25) is 14.4 Å². The van der Waals surface area contributed by atoms with Crippen LogP contribution in [0.15, 0.2) is 249 Å². The maximum absolute atomic E-state index is 15.7. The normalized spacial score (nSPS) is 14.2. The highest BCUT2D eigenvalue weighted by atomic mass is 19.4. The quantitative estimate of drug-likeness (QED) is 0.0298. The second-order valence-electron chi connectivity index (χ2n) is 25.5. The first-order valence-electron chi connectivity index (χ1n) is 32.9. The van der Waals surface area contributed by atoms with E-state index in [1.807, 2.05) is 10.6 Å². The SMILES string of the molecule is C.C.Cc1ccc([C@@](Cc2ccccc2)(NC(=O)C(O)(C(=O)N[C@](Cc2ccccc2)(c2ccc(F)cc2)c2cc(F)cc(C(F)(F)F)c2)C(F)(F)F)c2cc(F)cc(C(F)(F)F)c2)cc1.O=C(NC(C(=O)N[C@](Cc1ccccc1)(c1ccc(F)cc1)c1cc(F)cc(OC(F)(F)C(F)F)c1)C(F)(F)F)OCc1ccccc1. The molecular formula is C82H67F21N4O7. The van der Waals surface area contributed by atoms with Crippen LogP contribution < -0.4 is 26.0 Å². The Morgan fingerprint density at radius 2 is 0.711 bits per heavy atom. The van der Waals surface area contributed by atoms with E-state index < -0.39 is 183 Å². The van der Waals surface area contributed by atoms with Crippen molar-refractivity contribution in [3.8, 4) is 5.75 Å². The molecule has 5 atom stereocenters. The molecule has 114 heavy (non-hydrogen) atoms. The van der Waals surface area contributed by atoms with Gasteiger partial charge >= 0.3 is 48.9 Å². The number of benzene rings is 10. The van der Waals surface area contributed by atoms with Crippen LogP contribution in [0.25, 0.3) is 0 Å². The predicted molar refractivity (Wildman–Crippen MR) is 376 cm³/mol. The summed E-state index contributed by atoms with van der Waals surface area (Å²) < 4.78 is 312. The minimum atomic E-state index is -6.35. The molecule has 0 saturated carbocycles. The number of alkyl carbamates (subject to hydrolysis) is 1. The van der Waals surface area contributed by atoms with E-state index in [-0.39, 0.29) is 54.8 Å². The molecule has 0 saturated heterocycles. The van der Waals surface area contributed by atoms with Gasteiger partial charge in [0, 0.05) is 25.3 Å². The highest BCUT2D eigenvalue weighted by Crippen LogP contribution is 2.45. The first-order chi connectivity index (χ1) is 52.5. The Hall–Kier alpha value is -11.8. The van der Waals surface area contributed by atoms with Gasteiger partial charge < -0.3 is 35.8 Å². The molecule has 32 heteroatoms. The lowest BCUT2D eigenvalue weighted by atomic mass is 9.75. The molecule has 2 unspecified atom stereocenters. The fourth-order valence-electron chi connectivity index (χ4n) is 12.2. The summed E-state index contributed by atoms with van der Waals surface area (Å²) in [4.78, 5) is 55.2. The zero-order chi connectivity index (χ0) is 82.0. The van der Waals surface area contributed by atoms with Gasteiger partial charge in [0.05, 0.1) is 27.7 Å². The summed E-state index contributed by atoms with van der Waals surface area (Å²) in [6, 6.07) is 41.9. The van der Waals surface area contributed by atoms with Gasteiger partial charge in [0.15, 0.2) is 0 Å². The maximum Gasteiger partial charge on any atom is 0.461 e. The van der Waals surface area contributed by atoms with E-state index in [1.165, 1.54) is 127 Å². The number of hydrogen-bond donors (Lipinski definition) is 5. The number of ether oxygens (including phenoxy) is 2. The number of aryl methyl sites for hydroxylation is 1. The number of hydrogen-bond acceptors (Lipinski definition) is 7. The molecule has 0 heterocycles. The zero-order valence-corrected chi connectivity index (χ0v) is 57.5. The van der Waals surface area contributed by atoms with Crippen molar-refractivity contribution in [2.24, 2.45) is 0 Å². The molecule has 0 spiro atoms. The van der Waals surface area contributed by atoms with E-state index >= 15 is 22.0 Å². The molecule has 10 aromatic carbocycles. The second kappa shape index (κ2) is 35.9. The van der Waals surface area contributed by atoms with E-state index in [1.54, 1.807) is 31.2 Å². The van der Waals surface area contributed by atoms with E-state index in [9.17, 15) is 94.5 Å². The van der Waals surface area contributed by atoms with Crippen molar-refractivity contribution in [2.45, 2.75) is 113 Å². The Labute approximate surface area is 637 Å². The lowest BCUT2D eigenvalue weighted by Gasteiger charge is -2.42. The molecule has 5 N–H and O–H groups in total. The van der Waals surface area contributed by atoms with Gasteiger partial charge in [-0.2, -0.15) is 70.2 Å². The van der Waals surface area contributed by atoms with Crippen molar-refractivity contribution in [3.63, 3.8) is 0 Å². The predicted octanol–water partition coefficient (Wildman–Crippen LogP) is 19.6. The molecule has 10 aromatic rings. The van der Waals surface area contributed by atoms with Gasteiger partial charge in [-0.15, -0.1) is 0 Å². The van der Waals surface area contributed by atoms with Gasteiger partial charge in [-0.05, 0) is 135 Å². The Bertz CT molecular complexity index is 4740. The average molecular weight is 1620 g/mol. The number of rotatable bonds is 24. The number of carbonyl (C=O) groups is 4. The Kier molecular flexibility index (Phi) is 28.1. The van der Waals surface area contributed by atoms with E-state index in [0.29, 0.717) is 53.6 Å². The first-order valence-corrected chi connectivity index (χ1v) is 32.9.